The number of nitrogens with one attached hydrogen (secondary N) is 1. The van der Waals surface area contributed by atoms with Gasteiger partial charge in [-0.1, -0.05) is 30.3 Å². The van der Waals surface area contributed by atoms with Crippen molar-refractivity contribution in [2.75, 3.05) is 11.1 Å². The van der Waals surface area contributed by atoms with E-state index in [9.17, 15) is 4.79 Å². The smallest absolute Gasteiger partial charge is 0.338 e. The maximum absolute atomic E-state index is 11.9. The lowest BCUT2D eigenvalue weighted by Crippen LogP contribution is -2.17. The number of aryl methyl sites for hydroxylation is 1. The molecule has 3 N–H and O–H groups in total. The second-order valence-electron chi connectivity index (χ2n) is 6.33. The molecule has 4 nitrogen and oxygen atoms in total. The van der Waals surface area contributed by atoms with Gasteiger partial charge < -0.3 is 15.8 Å². The Morgan fingerprint density at radius 2 is 1.83 bits per heavy atom. The summed E-state index contributed by atoms with van der Waals surface area (Å²) in [5.41, 5.74) is 9.28. The van der Waals surface area contributed by atoms with Crippen LogP contribution < -0.4 is 11.1 Å². The average Bonchev–Trinajstić information content (AvgIpc) is 2.55. The lowest BCUT2D eigenvalue weighted by atomic mass is 10.1. The van der Waals surface area contributed by atoms with Crippen molar-refractivity contribution in [1.29, 1.82) is 0 Å². The molecular formula is C20H26N2O2. The van der Waals surface area contributed by atoms with Crippen molar-refractivity contribution in [3.05, 3.63) is 59.7 Å². The van der Waals surface area contributed by atoms with E-state index in [1.807, 2.05) is 26.0 Å². The number of rotatable bonds is 7. The standard InChI is InChI=1S/C20H26N2O2/c1-14(2)24-20(23)17-11-12-19(18(21)13-17)22-15(3)9-10-16-7-5-4-6-8-16/h4-8,11-15,22H,9-10,21H2,1-3H3/t15-/m0/s1. The Balaban J connectivity index is 1.93. The number of anilines is 2. The number of nitrogens with two attached hydrogens (primary N) is 1. The fourth-order valence-electron chi connectivity index (χ4n) is 2.47. The van der Waals surface area contributed by atoms with Gasteiger partial charge in [0.2, 0.25) is 0 Å². The van der Waals surface area contributed by atoms with Crippen molar-refractivity contribution in [2.24, 2.45) is 0 Å². The van der Waals surface area contributed by atoms with Crippen LogP contribution in [0.5, 0.6) is 0 Å². The van der Waals surface area contributed by atoms with Gasteiger partial charge in [-0.3, -0.25) is 0 Å². The molecule has 0 heterocycles. The quantitative estimate of drug-likeness (QED) is 0.589. The van der Waals surface area contributed by atoms with Gasteiger partial charge >= 0.3 is 5.97 Å². The molecule has 0 aliphatic rings. The Kier molecular flexibility index (Phi) is 6.24. The van der Waals surface area contributed by atoms with Crippen molar-refractivity contribution in [3.63, 3.8) is 0 Å². The van der Waals surface area contributed by atoms with Crippen LogP contribution in [0.1, 0.15) is 43.1 Å². The molecule has 0 fully saturated rings. The maximum Gasteiger partial charge on any atom is 0.338 e. The molecule has 24 heavy (non-hydrogen) atoms. The highest BCUT2D eigenvalue weighted by Crippen LogP contribution is 2.22. The van der Waals surface area contributed by atoms with Crippen molar-refractivity contribution in [2.45, 2.75) is 45.8 Å². The predicted molar refractivity (Wildman–Crippen MR) is 99.3 cm³/mol. The third-order valence-corrected chi connectivity index (χ3v) is 3.74. The molecule has 0 aliphatic carbocycles. The molecule has 2 aromatic carbocycles. The van der Waals surface area contributed by atoms with Gasteiger partial charge in [0.25, 0.3) is 0 Å². The topological polar surface area (TPSA) is 64.3 Å². The van der Waals surface area contributed by atoms with Crippen LogP contribution in [0, 0.1) is 0 Å². The predicted octanol–water partition coefficient (Wildman–Crippen LogP) is 4.27. The normalized spacial score (nSPS) is 12.0. The Labute approximate surface area is 144 Å². The minimum Gasteiger partial charge on any atom is -0.459 e. The van der Waals surface area contributed by atoms with Gasteiger partial charge in [0.05, 0.1) is 23.0 Å². The Morgan fingerprint density at radius 1 is 1.12 bits per heavy atom. The molecule has 0 amide bonds. The highest BCUT2D eigenvalue weighted by atomic mass is 16.5. The van der Waals surface area contributed by atoms with Crippen LogP contribution in [0.2, 0.25) is 0 Å². The zero-order chi connectivity index (χ0) is 17.5. The molecule has 2 aromatic rings. The summed E-state index contributed by atoms with van der Waals surface area (Å²) in [7, 11) is 0. The number of hydrogen-bond donors (Lipinski definition) is 2. The second-order valence-corrected chi connectivity index (χ2v) is 6.33. The molecule has 0 aromatic heterocycles. The van der Waals surface area contributed by atoms with E-state index in [1.54, 1.807) is 12.1 Å². The van der Waals surface area contributed by atoms with Crippen molar-refractivity contribution >= 4 is 17.3 Å². The van der Waals surface area contributed by atoms with Gasteiger partial charge in [-0.2, -0.15) is 0 Å². The minimum atomic E-state index is -0.347. The van der Waals surface area contributed by atoms with E-state index in [0.717, 1.165) is 18.5 Å². The number of esters is 1. The molecule has 128 valence electrons. The van der Waals surface area contributed by atoms with Gasteiger partial charge in [0.1, 0.15) is 0 Å². The Hall–Kier alpha value is -2.49. The largest absolute Gasteiger partial charge is 0.459 e. The Morgan fingerprint density at radius 3 is 2.46 bits per heavy atom. The zero-order valence-electron chi connectivity index (χ0n) is 14.6. The average molecular weight is 326 g/mol. The monoisotopic (exact) mass is 326 g/mol. The number of hydrogen-bond acceptors (Lipinski definition) is 4. The number of carbonyl (C=O) groups excluding carboxylic acids is 1. The van der Waals surface area contributed by atoms with Crippen molar-refractivity contribution in [3.8, 4) is 0 Å². The highest BCUT2D eigenvalue weighted by Gasteiger charge is 2.12. The zero-order valence-corrected chi connectivity index (χ0v) is 14.6. The van der Waals surface area contributed by atoms with E-state index >= 15 is 0 Å². The van der Waals surface area contributed by atoms with E-state index < -0.39 is 0 Å². The highest BCUT2D eigenvalue weighted by molar-refractivity contribution is 5.92. The molecule has 0 bridgehead atoms. The number of carbonyl (C=O) groups is 1. The molecule has 0 saturated carbocycles. The van der Waals surface area contributed by atoms with Gasteiger partial charge in [-0.05, 0) is 57.4 Å². The van der Waals surface area contributed by atoms with Gasteiger partial charge in [-0.15, -0.1) is 0 Å². The lowest BCUT2D eigenvalue weighted by Gasteiger charge is -2.17. The molecule has 0 spiro atoms. The van der Waals surface area contributed by atoms with Gasteiger partial charge in [0, 0.05) is 6.04 Å². The molecule has 0 unspecified atom stereocenters. The van der Waals surface area contributed by atoms with E-state index in [2.05, 4.69) is 36.5 Å². The minimum absolute atomic E-state index is 0.144. The summed E-state index contributed by atoms with van der Waals surface area (Å²) in [6, 6.07) is 15.9. The van der Waals surface area contributed by atoms with Crippen molar-refractivity contribution < 1.29 is 9.53 Å². The fraction of sp³-hybridized carbons (Fsp3) is 0.350. The molecule has 1 atom stereocenters. The SMILES string of the molecule is CC(C)OC(=O)c1ccc(N[C@@H](C)CCc2ccccc2)c(N)c1. The molecule has 4 heteroatoms. The summed E-state index contributed by atoms with van der Waals surface area (Å²) in [5.74, 6) is -0.347. The molecule has 0 saturated heterocycles. The van der Waals surface area contributed by atoms with E-state index in [-0.39, 0.29) is 18.1 Å². The molecule has 0 radical (unpaired) electrons. The third kappa shape index (κ3) is 5.30. The first-order chi connectivity index (χ1) is 11.5. The van der Waals surface area contributed by atoms with Crippen LogP contribution >= 0.6 is 0 Å². The number of benzene rings is 2. The summed E-state index contributed by atoms with van der Waals surface area (Å²) in [6.07, 6.45) is 1.86. The van der Waals surface area contributed by atoms with Crippen LogP contribution in [0.3, 0.4) is 0 Å². The van der Waals surface area contributed by atoms with E-state index in [1.165, 1.54) is 5.56 Å². The second kappa shape index (κ2) is 8.39. The summed E-state index contributed by atoms with van der Waals surface area (Å²) in [5, 5.41) is 3.41. The molecule has 2 rings (SSSR count). The van der Waals surface area contributed by atoms with Crippen LogP contribution in [0.25, 0.3) is 0 Å². The lowest BCUT2D eigenvalue weighted by molar-refractivity contribution is 0.0378. The van der Waals surface area contributed by atoms with Crippen LogP contribution in [-0.2, 0) is 11.2 Å². The molecule has 0 aliphatic heterocycles. The van der Waals surface area contributed by atoms with Gasteiger partial charge in [0.15, 0.2) is 0 Å². The van der Waals surface area contributed by atoms with Crippen LogP contribution in [0.15, 0.2) is 48.5 Å². The Bertz CT molecular complexity index is 669. The summed E-state index contributed by atoms with van der Waals surface area (Å²) in [6.45, 7) is 5.78. The molecular weight excluding hydrogens is 300 g/mol. The first-order valence-corrected chi connectivity index (χ1v) is 8.36. The van der Waals surface area contributed by atoms with Crippen molar-refractivity contribution in [1.82, 2.24) is 0 Å². The third-order valence-electron chi connectivity index (χ3n) is 3.74. The van der Waals surface area contributed by atoms with E-state index in [0.29, 0.717) is 11.3 Å². The van der Waals surface area contributed by atoms with Crippen LogP contribution in [0.4, 0.5) is 11.4 Å². The first kappa shape index (κ1) is 17.9. The maximum atomic E-state index is 11.9. The summed E-state index contributed by atoms with van der Waals surface area (Å²) < 4.78 is 5.18. The van der Waals surface area contributed by atoms with Gasteiger partial charge in [-0.25, -0.2) is 4.79 Å². The number of ether oxygens (including phenoxy) is 1. The summed E-state index contributed by atoms with van der Waals surface area (Å²) >= 11 is 0. The number of nitrogen functional groups attached to an aromatic ring is 1. The summed E-state index contributed by atoms with van der Waals surface area (Å²) in [4.78, 5) is 11.9. The first-order valence-electron chi connectivity index (χ1n) is 8.36. The van der Waals surface area contributed by atoms with E-state index in [4.69, 9.17) is 10.5 Å². The fourth-order valence-corrected chi connectivity index (χ4v) is 2.47. The van der Waals surface area contributed by atoms with Crippen LogP contribution in [-0.4, -0.2) is 18.1 Å².